The highest BCUT2D eigenvalue weighted by atomic mass is 16.5. The Morgan fingerprint density at radius 2 is 1.81 bits per heavy atom. The minimum atomic E-state index is -0.0551. The van der Waals surface area contributed by atoms with Gasteiger partial charge in [0.1, 0.15) is 11.5 Å². The zero-order valence-corrected chi connectivity index (χ0v) is 12.1. The molecular weight excluding hydrogens is 266 g/mol. The van der Waals surface area contributed by atoms with Crippen LogP contribution < -0.4 is 14.8 Å². The molecule has 1 N–H and O–H groups in total. The van der Waals surface area contributed by atoms with Crippen LogP contribution in [0.1, 0.15) is 27.0 Å². The number of fused-ring (bicyclic) bond motifs is 1. The van der Waals surface area contributed by atoms with Gasteiger partial charge in [0.15, 0.2) is 5.78 Å². The minimum absolute atomic E-state index is 0.0551. The number of methoxy groups -OCH3 is 2. The summed E-state index contributed by atoms with van der Waals surface area (Å²) >= 11 is 0. The quantitative estimate of drug-likeness (QED) is 0.876. The Bertz CT molecular complexity index is 694. The second kappa shape index (κ2) is 5.58. The van der Waals surface area contributed by atoms with Crippen LogP contribution in [0.5, 0.6) is 11.5 Å². The predicted octanol–water partition coefficient (Wildman–Crippen LogP) is 2.54. The van der Waals surface area contributed by atoms with E-state index < -0.39 is 0 Å². The van der Waals surface area contributed by atoms with E-state index in [0.29, 0.717) is 22.6 Å². The third-order valence-electron chi connectivity index (χ3n) is 3.75. The van der Waals surface area contributed by atoms with Crippen molar-refractivity contribution in [3.8, 4) is 11.5 Å². The summed E-state index contributed by atoms with van der Waals surface area (Å²) in [4.78, 5) is 12.7. The molecule has 4 heteroatoms. The molecule has 1 aliphatic heterocycles. The minimum Gasteiger partial charge on any atom is -0.497 e. The Morgan fingerprint density at radius 1 is 1.00 bits per heavy atom. The molecule has 0 aliphatic carbocycles. The maximum Gasteiger partial charge on any atom is 0.196 e. The average Bonchev–Trinajstić information content (AvgIpc) is 3.01. The van der Waals surface area contributed by atoms with Gasteiger partial charge < -0.3 is 14.8 Å². The lowest BCUT2D eigenvalue weighted by Gasteiger charge is -2.10. The Kier molecular flexibility index (Phi) is 3.62. The molecule has 3 rings (SSSR count). The SMILES string of the molecule is COc1ccc(OC)c(C(=O)c2ccc3c(c2)CNC3)c1. The van der Waals surface area contributed by atoms with Crippen molar-refractivity contribution in [1.29, 1.82) is 0 Å². The molecule has 0 radical (unpaired) electrons. The highest BCUT2D eigenvalue weighted by Gasteiger charge is 2.18. The summed E-state index contributed by atoms with van der Waals surface area (Å²) in [5.74, 6) is 1.14. The molecule has 0 unspecified atom stereocenters. The standard InChI is InChI=1S/C17H17NO3/c1-20-14-5-6-16(21-2)15(8-14)17(19)11-3-4-12-9-18-10-13(12)7-11/h3-8,18H,9-10H2,1-2H3. The number of carbonyl (C=O) groups excluding carboxylic acids is 1. The number of hydrogen-bond donors (Lipinski definition) is 1. The molecule has 0 bridgehead atoms. The van der Waals surface area contributed by atoms with Gasteiger partial charge in [0.05, 0.1) is 19.8 Å². The summed E-state index contributed by atoms with van der Waals surface area (Å²) < 4.78 is 10.5. The maximum atomic E-state index is 12.7. The van der Waals surface area contributed by atoms with Gasteiger partial charge in [0.2, 0.25) is 0 Å². The van der Waals surface area contributed by atoms with Crippen molar-refractivity contribution in [1.82, 2.24) is 5.32 Å². The highest BCUT2D eigenvalue weighted by molar-refractivity contribution is 6.11. The van der Waals surface area contributed by atoms with E-state index in [1.807, 2.05) is 18.2 Å². The summed E-state index contributed by atoms with van der Waals surface area (Å²) in [7, 11) is 3.14. The van der Waals surface area contributed by atoms with E-state index in [-0.39, 0.29) is 5.78 Å². The van der Waals surface area contributed by atoms with Gasteiger partial charge in [-0.15, -0.1) is 0 Å². The van der Waals surface area contributed by atoms with E-state index in [9.17, 15) is 4.79 Å². The van der Waals surface area contributed by atoms with Crippen molar-refractivity contribution >= 4 is 5.78 Å². The van der Waals surface area contributed by atoms with Crippen LogP contribution in [0.3, 0.4) is 0 Å². The molecule has 0 amide bonds. The fourth-order valence-electron chi connectivity index (χ4n) is 2.58. The third-order valence-corrected chi connectivity index (χ3v) is 3.75. The number of rotatable bonds is 4. The molecule has 1 heterocycles. The molecule has 108 valence electrons. The molecule has 0 aromatic heterocycles. The predicted molar refractivity (Wildman–Crippen MR) is 80.0 cm³/mol. The van der Waals surface area contributed by atoms with Crippen LogP contribution in [0.2, 0.25) is 0 Å². The van der Waals surface area contributed by atoms with E-state index in [2.05, 4.69) is 5.32 Å². The largest absolute Gasteiger partial charge is 0.497 e. The van der Waals surface area contributed by atoms with Crippen LogP contribution in [0.15, 0.2) is 36.4 Å². The van der Waals surface area contributed by atoms with Crippen molar-refractivity contribution in [3.63, 3.8) is 0 Å². The molecule has 21 heavy (non-hydrogen) atoms. The van der Waals surface area contributed by atoms with Gasteiger partial charge in [-0.3, -0.25) is 4.79 Å². The summed E-state index contributed by atoms with van der Waals surface area (Å²) in [6.45, 7) is 1.68. The lowest BCUT2D eigenvalue weighted by molar-refractivity contribution is 0.103. The van der Waals surface area contributed by atoms with Crippen LogP contribution in [0, 0.1) is 0 Å². The first kappa shape index (κ1) is 13.6. The average molecular weight is 283 g/mol. The lowest BCUT2D eigenvalue weighted by atomic mass is 9.98. The van der Waals surface area contributed by atoms with Gasteiger partial charge in [-0.2, -0.15) is 0 Å². The van der Waals surface area contributed by atoms with Gasteiger partial charge in [0.25, 0.3) is 0 Å². The van der Waals surface area contributed by atoms with Crippen LogP contribution >= 0.6 is 0 Å². The Labute approximate surface area is 123 Å². The monoisotopic (exact) mass is 283 g/mol. The zero-order chi connectivity index (χ0) is 14.8. The molecule has 2 aromatic rings. The number of benzene rings is 2. The number of ether oxygens (including phenoxy) is 2. The maximum absolute atomic E-state index is 12.7. The fraction of sp³-hybridized carbons (Fsp3) is 0.235. The summed E-state index contributed by atoms with van der Waals surface area (Å²) in [6, 6.07) is 11.1. The first-order valence-corrected chi connectivity index (χ1v) is 6.82. The molecule has 1 aliphatic rings. The Hall–Kier alpha value is -2.33. The zero-order valence-electron chi connectivity index (χ0n) is 12.1. The van der Waals surface area contributed by atoms with Crippen molar-refractivity contribution in [3.05, 3.63) is 58.7 Å². The molecule has 0 fully saturated rings. The van der Waals surface area contributed by atoms with E-state index in [1.54, 1.807) is 32.4 Å². The second-order valence-electron chi connectivity index (χ2n) is 4.98. The summed E-state index contributed by atoms with van der Waals surface area (Å²) in [6.07, 6.45) is 0. The number of ketones is 1. The fourth-order valence-corrected chi connectivity index (χ4v) is 2.58. The Morgan fingerprint density at radius 3 is 2.57 bits per heavy atom. The van der Waals surface area contributed by atoms with E-state index >= 15 is 0 Å². The van der Waals surface area contributed by atoms with Crippen LogP contribution in [-0.2, 0) is 13.1 Å². The van der Waals surface area contributed by atoms with E-state index in [1.165, 1.54) is 11.1 Å². The van der Waals surface area contributed by atoms with Crippen LogP contribution in [0.4, 0.5) is 0 Å². The first-order chi connectivity index (χ1) is 10.2. The van der Waals surface area contributed by atoms with Gasteiger partial charge in [-0.25, -0.2) is 0 Å². The lowest BCUT2D eigenvalue weighted by Crippen LogP contribution is -2.05. The first-order valence-electron chi connectivity index (χ1n) is 6.82. The smallest absolute Gasteiger partial charge is 0.196 e. The van der Waals surface area contributed by atoms with Crippen molar-refractivity contribution in [2.75, 3.05) is 14.2 Å². The van der Waals surface area contributed by atoms with Gasteiger partial charge in [0, 0.05) is 18.7 Å². The molecule has 2 aromatic carbocycles. The molecule has 4 nitrogen and oxygen atoms in total. The summed E-state index contributed by atoms with van der Waals surface area (Å²) in [5.41, 5.74) is 3.62. The van der Waals surface area contributed by atoms with Gasteiger partial charge in [-0.1, -0.05) is 12.1 Å². The highest BCUT2D eigenvalue weighted by Crippen LogP contribution is 2.27. The molecule has 0 spiro atoms. The van der Waals surface area contributed by atoms with Crippen molar-refractivity contribution in [2.24, 2.45) is 0 Å². The topological polar surface area (TPSA) is 47.6 Å². The second-order valence-corrected chi connectivity index (χ2v) is 4.98. The van der Waals surface area contributed by atoms with Crippen LogP contribution in [-0.4, -0.2) is 20.0 Å². The van der Waals surface area contributed by atoms with E-state index in [0.717, 1.165) is 13.1 Å². The number of nitrogens with one attached hydrogen (secondary N) is 1. The van der Waals surface area contributed by atoms with Crippen molar-refractivity contribution in [2.45, 2.75) is 13.1 Å². The van der Waals surface area contributed by atoms with Crippen LogP contribution in [0.25, 0.3) is 0 Å². The molecular formula is C17H17NO3. The Balaban J connectivity index is 2.01. The van der Waals surface area contributed by atoms with Crippen molar-refractivity contribution < 1.29 is 14.3 Å². The molecule has 0 atom stereocenters. The van der Waals surface area contributed by atoms with Gasteiger partial charge >= 0.3 is 0 Å². The normalized spacial score (nSPS) is 12.9. The molecule has 0 saturated heterocycles. The number of carbonyl (C=O) groups is 1. The number of hydrogen-bond acceptors (Lipinski definition) is 4. The van der Waals surface area contributed by atoms with Gasteiger partial charge in [-0.05, 0) is 35.4 Å². The third kappa shape index (κ3) is 2.50. The van der Waals surface area contributed by atoms with E-state index in [4.69, 9.17) is 9.47 Å². The molecule has 0 saturated carbocycles. The summed E-state index contributed by atoms with van der Waals surface area (Å²) in [5, 5.41) is 3.28.